The van der Waals surface area contributed by atoms with Crippen LogP contribution in [0.3, 0.4) is 0 Å². The first-order chi connectivity index (χ1) is 14.1. The first kappa shape index (κ1) is 20.7. The summed E-state index contributed by atoms with van der Waals surface area (Å²) >= 11 is 3.74. The monoisotopic (exact) mass is 456 g/mol. The number of benzene rings is 2. The number of fused-ring (bicyclic) bond motifs is 1. The van der Waals surface area contributed by atoms with E-state index in [9.17, 15) is 0 Å². The topological polar surface area (TPSA) is 24.5 Å². The summed E-state index contributed by atoms with van der Waals surface area (Å²) in [7, 11) is 0. The van der Waals surface area contributed by atoms with Gasteiger partial charge in [-0.25, -0.2) is 0 Å². The third-order valence-corrected chi connectivity index (χ3v) is 7.07. The molecule has 0 aromatic heterocycles. The number of anilines is 1. The van der Waals surface area contributed by atoms with Crippen molar-refractivity contribution in [2.24, 2.45) is 5.92 Å². The molecule has 2 aliphatic rings. The average Bonchev–Trinajstić information content (AvgIpc) is 2.72. The lowest BCUT2D eigenvalue weighted by molar-refractivity contribution is 0.172. The van der Waals surface area contributed by atoms with Gasteiger partial charge >= 0.3 is 0 Å². The molecule has 1 unspecified atom stereocenters. The molecule has 1 atom stereocenters. The highest BCUT2D eigenvalue weighted by atomic mass is 79.9. The van der Waals surface area contributed by atoms with Crippen LogP contribution < -0.4 is 10.1 Å². The van der Waals surface area contributed by atoms with Gasteiger partial charge in [0, 0.05) is 29.2 Å². The number of para-hydroxylation sites is 1. The van der Waals surface area contributed by atoms with Gasteiger partial charge in [0.25, 0.3) is 0 Å². The Labute approximate surface area is 184 Å². The molecule has 0 bridgehead atoms. The second kappa shape index (κ2) is 9.53. The van der Waals surface area contributed by atoms with Crippen LogP contribution in [0.1, 0.15) is 50.2 Å². The smallest absolute Gasteiger partial charge is 0.120 e. The first-order valence-corrected chi connectivity index (χ1v) is 11.9. The fraction of sp³-hybridized carbons (Fsp3) is 0.520. The Morgan fingerprint density at radius 1 is 1.10 bits per heavy atom. The van der Waals surface area contributed by atoms with Crippen LogP contribution in [0, 0.1) is 5.92 Å². The minimum absolute atomic E-state index is 0.215. The molecule has 2 aromatic rings. The molecule has 156 valence electrons. The molecule has 1 N–H and O–H groups in total. The second-order valence-corrected chi connectivity index (χ2v) is 9.72. The Hall–Kier alpha value is -1.52. The molecular formula is C25H33BrN2O. The molecule has 2 aromatic carbocycles. The van der Waals surface area contributed by atoms with Crippen molar-refractivity contribution < 1.29 is 4.74 Å². The third kappa shape index (κ3) is 5.35. The van der Waals surface area contributed by atoms with Crippen molar-refractivity contribution in [1.29, 1.82) is 0 Å². The molecule has 2 heterocycles. The molecule has 29 heavy (non-hydrogen) atoms. The van der Waals surface area contributed by atoms with Crippen LogP contribution in [-0.2, 0) is 6.42 Å². The van der Waals surface area contributed by atoms with Crippen molar-refractivity contribution in [2.45, 2.75) is 51.6 Å². The number of rotatable bonds is 6. The molecule has 1 fully saturated rings. The van der Waals surface area contributed by atoms with Crippen molar-refractivity contribution >= 4 is 21.6 Å². The predicted molar refractivity (Wildman–Crippen MR) is 125 cm³/mol. The Balaban J connectivity index is 1.31. The van der Waals surface area contributed by atoms with E-state index in [2.05, 4.69) is 82.5 Å². The molecule has 2 aliphatic heterocycles. The summed E-state index contributed by atoms with van der Waals surface area (Å²) in [4.78, 5) is 2.69. The van der Waals surface area contributed by atoms with Crippen molar-refractivity contribution in [3.8, 4) is 5.75 Å². The van der Waals surface area contributed by atoms with Crippen molar-refractivity contribution in [1.82, 2.24) is 4.90 Å². The molecule has 4 rings (SSSR count). The maximum atomic E-state index is 5.90. The van der Waals surface area contributed by atoms with Gasteiger partial charge in [0.1, 0.15) is 5.75 Å². The fourth-order valence-corrected chi connectivity index (χ4v) is 5.20. The summed E-state index contributed by atoms with van der Waals surface area (Å²) in [5.74, 6) is 2.42. The zero-order chi connectivity index (χ0) is 20.2. The lowest BCUT2D eigenvalue weighted by atomic mass is 9.87. The lowest BCUT2D eigenvalue weighted by Crippen LogP contribution is -2.38. The Kier molecular flexibility index (Phi) is 6.81. The van der Waals surface area contributed by atoms with Gasteiger partial charge in [0.05, 0.1) is 6.10 Å². The number of hydrogen-bond acceptors (Lipinski definition) is 3. The van der Waals surface area contributed by atoms with Crippen LogP contribution in [0.25, 0.3) is 0 Å². The summed E-state index contributed by atoms with van der Waals surface area (Å²) < 4.78 is 7.11. The summed E-state index contributed by atoms with van der Waals surface area (Å²) in [6.07, 6.45) is 5.17. The van der Waals surface area contributed by atoms with Crippen LogP contribution in [0.15, 0.2) is 46.9 Å². The van der Waals surface area contributed by atoms with Crippen LogP contribution in [-0.4, -0.2) is 37.2 Å². The number of hydrogen-bond donors (Lipinski definition) is 1. The molecule has 0 saturated carbocycles. The van der Waals surface area contributed by atoms with Crippen LogP contribution in [0.2, 0.25) is 0 Å². The summed E-state index contributed by atoms with van der Waals surface area (Å²) in [5, 5.41) is 3.55. The van der Waals surface area contributed by atoms with Crippen LogP contribution >= 0.6 is 15.9 Å². The normalized spacial score (nSPS) is 20.3. The van der Waals surface area contributed by atoms with Gasteiger partial charge < -0.3 is 15.0 Å². The molecule has 1 saturated heterocycles. The first-order valence-electron chi connectivity index (χ1n) is 11.1. The number of piperidine rings is 1. The van der Waals surface area contributed by atoms with E-state index in [0.29, 0.717) is 5.92 Å². The van der Waals surface area contributed by atoms with E-state index < -0.39 is 0 Å². The lowest BCUT2D eigenvalue weighted by Gasteiger charge is -2.36. The van der Waals surface area contributed by atoms with Crippen LogP contribution in [0.4, 0.5) is 5.69 Å². The van der Waals surface area contributed by atoms with E-state index in [4.69, 9.17) is 4.74 Å². The highest BCUT2D eigenvalue weighted by molar-refractivity contribution is 9.10. The minimum atomic E-state index is 0.215. The maximum absolute atomic E-state index is 5.90. The van der Waals surface area contributed by atoms with E-state index in [0.717, 1.165) is 24.6 Å². The molecule has 3 nitrogen and oxygen atoms in total. The van der Waals surface area contributed by atoms with E-state index >= 15 is 0 Å². The van der Waals surface area contributed by atoms with Gasteiger partial charge in [-0.05, 0) is 93.9 Å². The number of halogens is 1. The highest BCUT2D eigenvalue weighted by Gasteiger charge is 2.25. The Morgan fingerprint density at radius 2 is 1.90 bits per heavy atom. The number of nitrogens with zero attached hydrogens (tertiary/aromatic N) is 1. The van der Waals surface area contributed by atoms with Gasteiger partial charge in [0.15, 0.2) is 0 Å². The van der Waals surface area contributed by atoms with Gasteiger partial charge in [-0.15, -0.1) is 0 Å². The molecule has 4 heteroatoms. The number of ether oxygens (including phenoxy) is 1. The molecule has 0 amide bonds. The second-order valence-electron chi connectivity index (χ2n) is 8.87. The molecular weight excluding hydrogens is 424 g/mol. The van der Waals surface area contributed by atoms with Gasteiger partial charge in [-0.1, -0.05) is 34.1 Å². The van der Waals surface area contributed by atoms with E-state index in [1.165, 1.54) is 60.2 Å². The zero-order valence-corrected chi connectivity index (χ0v) is 19.2. The van der Waals surface area contributed by atoms with Gasteiger partial charge in [0.2, 0.25) is 0 Å². The Bertz CT molecular complexity index is 814. The van der Waals surface area contributed by atoms with Crippen molar-refractivity contribution in [3.63, 3.8) is 0 Å². The zero-order valence-electron chi connectivity index (χ0n) is 17.7. The highest BCUT2D eigenvalue weighted by Crippen LogP contribution is 2.34. The Morgan fingerprint density at radius 3 is 2.69 bits per heavy atom. The van der Waals surface area contributed by atoms with E-state index in [1.54, 1.807) is 0 Å². The van der Waals surface area contributed by atoms with Crippen LogP contribution in [0.5, 0.6) is 5.75 Å². The average molecular weight is 457 g/mol. The third-order valence-electron chi connectivity index (χ3n) is 6.29. The summed E-state index contributed by atoms with van der Waals surface area (Å²) in [6, 6.07) is 15.3. The van der Waals surface area contributed by atoms with Gasteiger partial charge in [-0.3, -0.25) is 0 Å². The maximum Gasteiger partial charge on any atom is 0.120 e. The van der Waals surface area contributed by atoms with E-state index in [-0.39, 0.29) is 6.10 Å². The van der Waals surface area contributed by atoms with Crippen molar-refractivity contribution in [3.05, 3.63) is 58.1 Å². The number of nitrogens with one attached hydrogen (secondary N) is 1. The van der Waals surface area contributed by atoms with Crippen molar-refractivity contribution in [2.75, 3.05) is 31.5 Å². The predicted octanol–water partition coefficient (Wildman–Crippen LogP) is 6.09. The minimum Gasteiger partial charge on any atom is -0.491 e. The quantitative estimate of drug-likeness (QED) is 0.568. The van der Waals surface area contributed by atoms with E-state index in [1.807, 2.05) is 0 Å². The standard InChI is InChI=1S/C25H33BrN2O/c1-18(2)29-22-7-8-24(26)21(16-22)15-19-10-13-28(14-11-19)17-20-9-12-27-25-6-4-3-5-23(20)25/h3-8,16,18-20,27H,9-15,17H2,1-2H3. The van der Waals surface area contributed by atoms with Gasteiger partial charge in [-0.2, -0.15) is 0 Å². The largest absolute Gasteiger partial charge is 0.491 e. The summed E-state index contributed by atoms with van der Waals surface area (Å²) in [5.41, 5.74) is 4.23. The number of likely N-dealkylation sites (tertiary alicyclic amines) is 1. The fourth-order valence-electron chi connectivity index (χ4n) is 4.79. The molecule has 0 aliphatic carbocycles. The SMILES string of the molecule is CC(C)Oc1ccc(Br)c(CC2CCN(CC3CCNc4ccccc43)CC2)c1. The molecule has 0 spiro atoms. The summed E-state index contributed by atoms with van der Waals surface area (Å²) in [6.45, 7) is 8.90. The molecule has 0 radical (unpaired) electrons.